The molecular weight excluding hydrogens is 215 g/mol. The van der Waals surface area contributed by atoms with Gasteiger partial charge in [-0.3, -0.25) is 0 Å². The molecule has 1 aromatic rings. The van der Waals surface area contributed by atoms with Gasteiger partial charge in [-0.05, 0) is 18.7 Å². The third kappa shape index (κ3) is 4.16. The van der Waals surface area contributed by atoms with Crippen molar-refractivity contribution in [2.24, 2.45) is 0 Å². The van der Waals surface area contributed by atoms with Gasteiger partial charge in [-0.1, -0.05) is 24.6 Å². The van der Waals surface area contributed by atoms with Crippen LogP contribution in [0.1, 0.15) is 12.5 Å². The zero-order chi connectivity index (χ0) is 11.1. The highest BCUT2D eigenvalue weighted by Crippen LogP contribution is 2.18. The van der Waals surface area contributed by atoms with Gasteiger partial charge in [-0.25, -0.2) is 4.39 Å². The summed E-state index contributed by atoms with van der Waals surface area (Å²) in [5.41, 5.74) is 0.538. The van der Waals surface area contributed by atoms with E-state index in [0.29, 0.717) is 17.1 Å². The number of hydrogen-bond donors (Lipinski definition) is 2. The first kappa shape index (κ1) is 12.4. The fourth-order valence-corrected chi connectivity index (χ4v) is 1.50. The SMILES string of the molecule is CCNCCNCc1c(F)cccc1Cl. The molecule has 1 aromatic carbocycles. The van der Waals surface area contributed by atoms with Crippen LogP contribution in [0.2, 0.25) is 5.02 Å². The lowest BCUT2D eigenvalue weighted by Gasteiger charge is -2.07. The average Bonchev–Trinajstić information content (AvgIpc) is 2.21. The second kappa shape index (κ2) is 6.77. The fourth-order valence-electron chi connectivity index (χ4n) is 1.27. The molecule has 15 heavy (non-hydrogen) atoms. The largest absolute Gasteiger partial charge is 0.316 e. The van der Waals surface area contributed by atoms with Crippen LogP contribution in [0.25, 0.3) is 0 Å². The molecule has 0 saturated carbocycles. The van der Waals surface area contributed by atoms with E-state index in [1.165, 1.54) is 6.07 Å². The first-order valence-electron chi connectivity index (χ1n) is 5.10. The molecule has 0 aliphatic heterocycles. The number of halogens is 2. The topological polar surface area (TPSA) is 24.1 Å². The number of benzene rings is 1. The normalized spacial score (nSPS) is 10.6. The third-order valence-electron chi connectivity index (χ3n) is 2.09. The minimum Gasteiger partial charge on any atom is -0.316 e. The van der Waals surface area contributed by atoms with Gasteiger partial charge >= 0.3 is 0 Å². The van der Waals surface area contributed by atoms with Gasteiger partial charge in [0.25, 0.3) is 0 Å². The number of rotatable bonds is 6. The van der Waals surface area contributed by atoms with E-state index in [1.807, 2.05) is 6.92 Å². The molecule has 0 fully saturated rings. The quantitative estimate of drug-likeness (QED) is 0.732. The van der Waals surface area contributed by atoms with Crippen LogP contribution in [0.4, 0.5) is 4.39 Å². The van der Waals surface area contributed by atoms with Gasteiger partial charge < -0.3 is 10.6 Å². The first-order chi connectivity index (χ1) is 7.25. The molecule has 0 radical (unpaired) electrons. The van der Waals surface area contributed by atoms with Crippen molar-refractivity contribution in [3.8, 4) is 0 Å². The summed E-state index contributed by atoms with van der Waals surface area (Å²) in [6.45, 7) is 5.15. The molecule has 84 valence electrons. The Morgan fingerprint density at radius 3 is 2.67 bits per heavy atom. The number of nitrogens with one attached hydrogen (secondary N) is 2. The van der Waals surface area contributed by atoms with Gasteiger partial charge in [0, 0.05) is 30.2 Å². The summed E-state index contributed by atoms with van der Waals surface area (Å²) in [7, 11) is 0. The Bertz CT molecular complexity index is 284. The molecule has 0 saturated heterocycles. The minimum atomic E-state index is -0.251. The summed E-state index contributed by atoms with van der Waals surface area (Å²) in [4.78, 5) is 0. The minimum absolute atomic E-state index is 0.251. The standard InChI is InChI=1S/C11H16ClFN2/c1-2-14-6-7-15-8-9-10(12)4-3-5-11(9)13/h3-5,14-15H,2,6-8H2,1H3. The van der Waals surface area contributed by atoms with E-state index in [4.69, 9.17) is 11.6 Å². The summed E-state index contributed by atoms with van der Waals surface area (Å²) in [6.07, 6.45) is 0. The molecule has 2 nitrogen and oxygen atoms in total. The van der Waals surface area contributed by atoms with Gasteiger partial charge in [0.1, 0.15) is 5.82 Å². The zero-order valence-corrected chi connectivity index (χ0v) is 9.57. The van der Waals surface area contributed by atoms with Crippen LogP contribution >= 0.6 is 11.6 Å². The molecule has 0 aliphatic rings. The van der Waals surface area contributed by atoms with Crippen molar-refractivity contribution >= 4 is 11.6 Å². The van der Waals surface area contributed by atoms with Crippen molar-refractivity contribution in [3.63, 3.8) is 0 Å². The Labute approximate surface area is 94.8 Å². The van der Waals surface area contributed by atoms with E-state index in [1.54, 1.807) is 12.1 Å². The predicted molar refractivity (Wildman–Crippen MR) is 61.7 cm³/mol. The molecule has 0 bridgehead atoms. The summed E-state index contributed by atoms with van der Waals surface area (Å²) < 4.78 is 13.3. The van der Waals surface area contributed by atoms with E-state index < -0.39 is 0 Å². The summed E-state index contributed by atoms with van der Waals surface area (Å²) in [5, 5.41) is 6.78. The third-order valence-corrected chi connectivity index (χ3v) is 2.45. The maximum Gasteiger partial charge on any atom is 0.129 e. The van der Waals surface area contributed by atoms with Crippen molar-refractivity contribution in [3.05, 3.63) is 34.6 Å². The molecule has 0 atom stereocenters. The Balaban J connectivity index is 2.37. The molecule has 0 aromatic heterocycles. The van der Waals surface area contributed by atoms with E-state index in [0.717, 1.165) is 19.6 Å². The van der Waals surface area contributed by atoms with Crippen molar-refractivity contribution in [2.45, 2.75) is 13.5 Å². The van der Waals surface area contributed by atoms with Crippen molar-refractivity contribution in [1.29, 1.82) is 0 Å². The maximum atomic E-state index is 13.3. The lowest BCUT2D eigenvalue weighted by molar-refractivity contribution is 0.578. The zero-order valence-electron chi connectivity index (χ0n) is 8.82. The van der Waals surface area contributed by atoms with Gasteiger partial charge in [-0.15, -0.1) is 0 Å². The summed E-state index contributed by atoms with van der Waals surface area (Å²) >= 11 is 5.87. The smallest absolute Gasteiger partial charge is 0.129 e. The highest BCUT2D eigenvalue weighted by molar-refractivity contribution is 6.31. The highest BCUT2D eigenvalue weighted by Gasteiger charge is 2.05. The Hall–Kier alpha value is -0.640. The van der Waals surface area contributed by atoms with E-state index >= 15 is 0 Å². The summed E-state index contributed by atoms with van der Waals surface area (Å²) in [5.74, 6) is -0.251. The van der Waals surface area contributed by atoms with Gasteiger partial charge in [0.05, 0.1) is 0 Å². The molecule has 1 rings (SSSR count). The fraction of sp³-hybridized carbons (Fsp3) is 0.455. The second-order valence-corrected chi connectivity index (χ2v) is 3.64. The first-order valence-corrected chi connectivity index (χ1v) is 5.47. The van der Waals surface area contributed by atoms with Gasteiger partial charge in [-0.2, -0.15) is 0 Å². The lowest BCUT2D eigenvalue weighted by Crippen LogP contribution is -2.27. The molecule has 4 heteroatoms. The lowest BCUT2D eigenvalue weighted by atomic mass is 10.2. The molecule has 0 spiro atoms. The molecule has 0 aliphatic carbocycles. The Morgan fingerprint density at radius 2 is 2.00 bits per heavy atom. The monoisotopic (exact) mass is 230 g/mol. The number of likely N-dealkylation sites (N-methyl/N-ethyl adjacent to an activating group) is 1. The number of hydrogen-bond acceptors (Lipinski definition) is 2. The molecule has 0 amide bonds. The van der Waals surface area contributed by atoms with Gasteiger partial charge in [0.2, 0.25) is 0 Å². The molecule has 0 unspecified atom stereocenters. The molecule has 0 heterocycles. The van der Waals surface area contributed by atoms with E-state index in [-0.39, 0.29) is 5.82 Å². The maximum absolute atomic E-state index is 13.3. The van der Waals surface area contributed by atoms with Crippen LogP contribution in [-0.2, 0) is 6.54 Å². The van der Waals surface area contributed by atoms with Crippen LogP contribution in [0.3, 0.4) is 0 Å². The molecular formula is C11H16ClFN2. The van der Waals surface area contributed by atoms with Crippen LogP contribution in [0, 0.1) is 5.82 Å². The summed E-state index contributed by atoms with van der Waals surface area (Å²) in [6, 6.07) is 4.74. The van der Waals surface area contributed by atoms with Crippen molar-refractivity contribution in [2.75, 3.05) is 19.6 Å². The van der Waals surface area contributed by atoms with E-state index in [2.05, 4.69) is 10.6 Å². The average molecular weight is 231 g/mol. The van der Waals surface area contributed by atoms with E-state index in [9.17, 15) is 4.39 Å². The predicted octanol–water partition coefficient (Wildman–Crippen LogP) is 2.18. The van der Waals surface area contributed by atoms with Crippen LogP contribution < -0.4 is 10.6 Å². The van der Waals surface area contributed by atoms with Crippen LogP contribution in [0.5, 0.6) is 0 Å². The Morgan fingerprint density at radius 1 is 1.27 bits per heavy atom. The molecule has 2 N–H and O–H groups in total. The van der Waals surface area contributed by atoms with Gasteiger partial charge in [0.15, 0.2) is 0 Å². The van der Waals surface area contributed by atoms with Crippen LogP contribution in [0.15, 0.2) is 18.2 Å². The Kier molecular flexibility index (Phi) is 5.61. The second-order valence-electron chi connectivity index (χ2n) is 3.23. The van der Waals surface area contributed by atoms with Crippen molar-refractivity contribution in [1.82, 2.24) is 10.6 Å². The van der Waals surface area contributed by atoms with Crippen LogP contribution in [-0.4, -0.2) is 19.6 Å². The highest BCUT2D eigenvalue weighted by atomic mass is 35.5. The van der Waals surface area contributed by atoms with Crippen molar-refractivity contribution < 1.29 is 4.39 Å².